The number of nitrogens with zero attached hydrogens (tertiary/aromatic N) is 1. The van der Waals surface area contributed by atoms with E-state index >= 15 is 0 Å². The predicted molar refractivity (Wildman–Crippen MR) is 85.4 cm³/mol. The highest BCUT2D eigenvalue weighted by Crippen LogP contribution is 2.26. The van der Waals surface area contributed by atoms with Crippen molar-refractivity contribution >= 4 is 17.5 Å². The Morgan fingerprint density at radius 3 is 2.57 bits per heavy atom. The number of rotatable bonds is 5. The van der Waals surface area contributed by atoms with Crippen molar-refractivity contribution in [1.29, 1.82) is 0 Å². The quantitative estimate of drug-likeness (QED) is 0.739. The molecule has 0 spiro atoms. The molecule has 1 aromatic carbocycles. The fraction of sp³-hybridized carbons (Fsp3) is 0.353. The number of carbonyl (C=O) groups excluding carboxylic acids is 1. The monoisotopic (exact) mass is 341 g/mol. The summed E-state index contributed by atoms with van der Waals surface area (Å²) in [5.74, 6) is 0.0177. The zero-order valence-corrected chi connectivity index (χ0v) is 13.7. The van der Waals surface area contributed by atoms with E-state index in [9.17, 15) is 13.6 Å². The smallest absolute Gasteiger partial charge is 0.387 e. The Balaban J connectivity index is 2.05. The van der Waals surface area contributed by atoms with Gasteiger partial charge in [-0.1, -0.05) is 29.3 Å². The van der Waals surface area contributed by atoms with Crippen LogP contribution in [0.4, 0.5) is 8.78 Å². The molecule has 0 bridgehead atoms. The van der Waals surface area contributed by atoms with Crippen molar-refractivity contribution in [2.75, 3.05) is 6.54 Å². The number of halogens is 3. The summed E-state index contributed by atoms with van der Waals surface area (Å²) < 4.78 is 28.5. The summed E-state index contributed by atoms with van der Waals surface area (Å²) in [6, 6.07) is 6.28. The Morgan fingerprint density at radius 2 is 2.00 bits per heavy atom. The standard InChI is InChI=1S/C17H18ClF2NO2/c1-11(2)9-15(18)14-7-8-21(16(14)22)10-12-3-5-13(6-4-12)23-17(19)20/h3-6,9,17H,7-8,10H2,1-2H3/b15-14-. The molecule has 0 atom stereocenters. The van der Waals surface area contributed by atoms with Crippen LogP contribution < -0.4 is 4.74 Å². The van der Waals surface area contributed by atoms with E-state index in [1.54, 1.807) is 23.1 Å². The molecule has 0 aromatic heterocycles. The SMILES string of the molecule is CC(C)=C/C(Cl)=C1\CCN(Cc2ccc(OC(F)F)cc2)C1=O. The number of benzene rings is 1. The number of carbonyl (C=O) groups is 1. The highest BCUT2D eigenvalue weighted by molar-refractivity contribution is 6.33. The lowest BCUT2D eigenvalue weighted by atomic mass is 10.2. The zero-order valence-electron chi connectivity index (χ0n) is 13.0. The minimum absolute atomic E-state index is 0.0830. The molecular formula is C17H18ClF2NO2. The molecule has 0 unspecified atom stereocenters. The maximum Gasteiger partial charge on any atom is 0.387 e. The first-order valence-corrected chi connectivity index (χ1v) is 7.61. The van der Waals surface area contributed by atoms with E-state index in [-0.39, 0.29) is 11.7 Å². The van der Waals surface area contributed by atoms with Crippen molar-refractivity contribution in [2.24, 2.45) is 0 Å². The molecule has 1 aromatic rings. The molecule has 1 saturated heterocycles. The van der Waals surface area contributed by atoms with Gasteiger partial charge in [-0.15, -0.1) is 0 Å². The molecule has 2 rings (SSSR count). The number of amides is 1. The maximum absolute atomic E-state index is 12.4. The van der Waals surface area contributed by atoms with Gasteiger partial charge in [0.05, 0.1) is 0 Å². The molecule has 23 heavy (non-hydrogen) atoms. The van der Waals surface area contributed by atoms with E-state index in [0.717, 1.165) is 11.1 Å². The van der Waals surface area contributed by atoms with Crippen LogP contribution in [0.5, 0.6) is 5.75 Å². The summed E-state index contributed by atoms with van der Waals surface area (Å²) in [6.07, 6.45) is 2.39. The van der Waals surface area contributed by atoms with Crippen molar-refractivity contribution in [3.05, 3.63) is 52.1 Å². The second kappa shape index (κ2) is 7.59. The van der Waals surface area contributed by atoms with Crippen LogP contribution >= 0.6 is 11.6 Å². The van der Waals surface area contributed by atoms with Gasteiger partial charge in [-0.05, 0) is 44.0 Å². The van der Waals surface area contributed by atoms with Crippen LogP contribution in [0.15, 0.2) is 46.5 Å². The lowest BCUT2D eigenvalue weighted by molar-refractivity contribution is -0.125. The van der Waals surface area contributed by atoms with Crippen molar-refractivity contribution in [2.45, 2.75) is 33.4 Å². The minimum Gasteiger partial charge on any atom is -0.435 e. The molecule has 0 saturated carbocycles. The van der Waals surface area contributed by atoms with E-state index in [2.05, 4.69) is 4.74 Å². The van der Waals surface area contributed by atoms with Crippen molar-refractivity contribution < 1.29 is 18.3 Å². The molecule has 6 heteroatoms. The summed E-state index contributed by atoms with van der Waals surface area (Å²) in [5, 5.41) is 0.484. The Kier molecular flexibility index (Phi) is 5.77. The maximum atomic E-state index is 12.4. The Hall–Kier alpha value is -1.88. The Bertz CT molecular complexity index is 634. The topological polar surface area (TPSA) is 29.5 Å². The zero-order chi connectivity index (χ0) is 17.0. The molecule has 3 nitrogen and oxygen atoms in total. The number of hydrogen-bond donors (Lipinski definition) is 0. The normalized spacial score (nSPS) is 16.8. The third-order valence-electron chi connectivity index (χ3n) is 3.40. The first-order chi connectivity index (χ1) is 10.9. The van der Waals surface area contributed by atoms with Gasteiger partial charge in [0.2, 0.25) is 0 Å². The highest BCUT2D eigenvalue weighted by atomic mass is 35.5. The van der Waals surface area contributed by atoms with Gasteiger partial charge in [-0.3, -0.25) is 4.79 Å². The molecule has 124 valence electrons. The van der Waals surface area contributed by atoms with Crippen LogP contribution in [0.2, 0.25) is 0 Å². The molecule has 1 heterocycles. The second-order valence-corrected chi connectivity index (χ2v) is 5.95. The van der Waals surface area contributed by atoms with Gasteiger partial charge in [0.15, 0.2) is 0 Å². The number of hydrogen-bond acceptors (Lipinski definition) is 2. The largest absolute Gasteiger partial charge is 0.435 e. The van der Waals surface area contributed by atoms with Crippen molar-refractivity contribution in [1.82, 2.24) is 4.90 Å². The molecule has 1 aliphatic heterocycles. The average Bonchev–Trinajstić information content (AvgIpc) is 2.81. The van der Waals surface area contributed by atoms with E-state index in [1.165, 1.54) is 12.1 Å². The lowest BCUT2D eigenvalue weighted by Gasteiger charge is -2.15. The first-order valence-electron chi connectivity index (χ1n) is 7.23. The van der Waals surface area contributed by atoms with Crippen LogP contribution in [0.1, 0.15) is 25.8 Å². The van der Waals surface area contributed by atoms with Gasteiger partial charge in [0.1, 0.15) is 5.75 Å². The third kappa shape index (κ3) is 4.79. The highest BCUT2D eigenvalue weighted by Gasteiger charge is 2.27. The van der Waals surface area contributed by atoms with Crippen molar-refractivity contribution in [3.63, 3.8) is 0 Å². The summed E-state index contributed by atoms with van der Waals surface area (Å²) in [4.78, 5) is 14.1. The molecule has 1 amide bonds. The number of allylic oxidation sites excluding steroid dienone is 3. The summed E-state index contributed by atoms with van der Waals surface area (Å²) in [5.41, 5.74) is 2.49. The number of likely N-dealkylation sites (tertiary alicyclic amines) is 1. The Labute approximate surface area is 139 Å². The van der Waals surface area contributed by atoms with Gasteiger partial charge in [0, 0.05) is 23.7 Å². The van der Waals surface area contributed by atoms with Crippen LogP contribution in [0.3, 0.4) is 0 Å². The molecule has 1 aliphatic rings. The molecule has 0 radical (unpaired) electrons. The predicted octanol–water partition coefficient (Wildman–Crippen LogP) is 4.48. The summed E-state index contributed by atoms with van der Waals surface area (Å²) in [6.45, 7) is 2.00. The second-order valence-electron chi connectivity index (χ2n) is 5.55. The Morgan fingerprint density at radius 1 is 1.35 bits per heavy atom. The van der Waals surface area contributed by atoms with E-state index in [0.29, 0.717) is 30.1 Å². The van der Waals surface area contributed by atoms with Crippen LogP contribution in [0, 0.1) is 0 Å². The molecular weight excluding hydrogens is 324 g/mol. The lowest BCUT2D eigenvalue weighted by Crippen LogP contribution is -2.24. The van der Waals surface area contributed by atoms with Crippen LogP contribution in [-0.4, -0.2) is 24.0 Å². The van der Waals surface area contributed by atoms with Crippen LogP contribution in [-0.2, 0) is 11.3 Å². The van der Waals surface area contributed by atoms with E-state index < -0.39 is 6.61 Å². The van der Waals surface area contributed by atoms with Gasteiger partial charge in [-0.2, -0.15) is 8.78 Å². The van der Waals surface area contributed by atoms with E-state index in [4.69, 9.17) is 11.6 Å². The average molecular weight is 342 g/mol. The first kappa shape index (κ1) is 17.5. The van der Waals surface area contributed by atoms with E-state index in [1.807, 2.05) is 13.8 Å². The fourth-order valence-corrected chi connectivity index (χ4v) is 2.75. The summed E-state index contributed by atoms with van der Waals surface area (Å²) >= 11 is 6.18. The molecule has 0 aliphatic carbocycles. The van der Waals surface area contributed by atoms with Gasteiger partial charge in [-0.25, -0.2) is 0 Å². The fourth-order valence-electron chi connectivity index (χ4n) is 2.36. The van der Waals surface area contributed by atoms with Gasteiger partial charge in [0.25, 0.3) is 5.91 Å². The van der Waals surface area contributed by atoms with Crippen LogP contribution in [0.25, 0.3) is 0 Å². The molecule has 0 N–H and O–H groups in total. The molecule has 1 fully saturated rings. The third-order valence-corrected chi connectivity index (χ3v) is 3.74. The minimum atomic E-state index is -2.84. The number of alkyl halides is 2. The summed E-state index contributed by atoms with van der Waals surface area (Å²) in [7, 11) is 0. The van der Waals surface area contributed by atoms with Gasteiger partial charge >= 0.3 is 6.61 Å². The van der Waals surface area contributed by atoms with Crippen molar-refractivity contribution in [3.8, 4) is 5.75 Å². The number of ether oxygens (including phenoxy) is 1. The van der Waals surface area contributed by atoms with Gasteiger partial charge < -0.3 is 9.64 Å².